The smallest absolute Gasteiger partial charge is 0.323 e. The van der Waals surface area contributed by atoms with Gasteiger partial charge >= 0.3 is 12.6 Å². The minimum Gasteiger partial charge on any atom is -0.462 e. The van der Waals surface area contributed by atoms with E-state index in [1.54, 1.807) is 77.0 Å². The van der Waals surface area contributed by atoms with E-state index in [9.17, 15) is 9.90 Å². The number of benzene rings is 1. The molecule has 6 atom stereocenters. The molecule has 2 aromatic heterocycles. The highest BCUT2D eigenvalue weighted by molar-refractivity contribution is 8.09. The number of alkyl halides is 1. The second-order valence-electron chi connectivity index (χ2n) is 10.2. The molecule has 0 spiro atoms. The number of aromatic nitrogens is 4. The maximum atomic E-state index is 16.3. The highest BCUT2D eigenvalue weighted by Gasteiger charge is 2.58. The second-order valence-corrected chi connectivity index (χ2v) is 13.4. The van der Waals surface area contributed by atoms with Crippen molar-refractivity contribution in [2.45, 2.75) is 63.9 Å². The normalized spacial score (nSPS) is 24.2. The standard InChI is InChI=1S/C27H34FN6O6PS/c1-8-27(28)22(35)20(39-26(27)34-15-29-21-23(33(6)7)30-18(5)31-24(21)34)14-37-41(42,40-19-12-10-9-11-13-19)32-17(4)25(36)38-16(2)3/h1,9-13,15-17,20,22,26,35H,14H2,2-7H3,(H,32,42)/t17-,20-,22-,26-,27-,41-/m1/s1. The third kappa shape index (κ3) is 6.57. The Hall–Kier alpha value is -3.18. The number of aryl methyl sites for hydroxylation is 1. The molecule has 1 aliphatic rings. The number of ether oxygens (including phenoxy) is 2. The molecular formula is C27H34FN6O6PS. The van der Waals surface area contributed by atoms with Gasteiger partial charge in [-0.15, -0.1) is 6.42 Å². The summed E-state index contributed by atoms with van der Waals surface area (Å²) in [5.74, 6) is 2.81. The lowest BCUT2D eigenvalue weighted by atomic mass is 9.97. The summed E-state index contributed by atoms with van der Waals surface area (Å²) < 4.78 is 40.9. The number of nitrogens with zero attached hydrogens (tertiary/aromatic N) is 5. The lowest BCUT2D eigenvalue weighted by Gasteiger charge is -2.28. The number of carbonyl (C=O) groups excluding carboxylic acids is 1. The lowest BCUT2D eigenvalue weighted by Crippen LogP contribution is -2.42. The van der Waals surface area contributed by atoms with Gasteiger partial charge in [-0.3, -0.25) is 9.36 Å². The number of esters is 1. The number of aliphatic hydroxyl groups is 1. The third-order valence-electron chi connectivity index (χ3n) is 6.29. The van der Waals surface area contributed by atoms with E-state index in [0.29, 0.717) is 22.9 Å². The molecule has 1 saturated heterocycles. The van der Waals surface area contributed by atoms with Gasteiger partial charge in [-0.2, -0.15) is 0 Å². The van der Waals surface area contributed by atoms with Gasteiger partial charge in [-0.05, 0) is 51.6 Å². The van der Waals surface area contributed by atoms with Gasteiger partial charge in [-0.25, -0.2) is 24.4 Å². The Morgan fingerprint density at radius 3 is 2.64 bits per heavy atom. The first kappa shape index (κ1) is 31.7. The van der Waals surface area contributed by atoms with Crippen LogP contribution in [0.25, 0.3) is 11.2 Å². The molecule has 226 valence electrons. The molecule has 4 rings (SSSR count). The summed E-state index contributed by atoms with van der Waals surface area (Å²) in [6.07, 6.45) is 2.01. The van der Waals surface area contributed by atoms with Crippen LogP contribution in [0.5, 0.6) is 5.75 Å². The van der Waals surface area contributed by atoms with Crippen molar-refractivity contribution in [2.24, 2.45) is 0 Å². The number of aliphatic hydroxyl groups excluding tert-OH is 1. The number of terminal acetylenes is 1. The molecule has 3 aromatic rings. The summed E-state index contributed by atoms with van der Waals surface area (Å²) in [5.41, 5.74) is -2.00. The van der Waals surface area contributed by atoms with Crippen molar-refractivity contribution in [1.29, 1.82) is 0 Å². The van der Waals surface area contributed by atoms with Crippen molar-refractivity contribution in [3.05, 3.63) is 42.5 Å². The summed E-state index contributed by atoms with van der Waals surface area (Å²) in [5, 5.41) is 14.0. The molecule has 0 amide bonds. The van der Waals surface area contributed by atoms with Crippen molar-refractivity contribution in [3.8, 4) is 18.1 Å². The fourth-order valence-corrected chi connectivity index (χ4v) is 6.72. The van der Waals surface area contributed by atoms with Gasteiger partial charge in [-0.1, -0.05) is 24.1 Å². The van der Waals surface area contributed by atoms with Gasteiger partial charge < -0.3 is 28.5 Å². The molecular weight excluding hydrogens is 586 g/mol. The van der Waals surface area contributed by atoms with E-state index in [0.717, 1.165) is 0 Å². The summed E-state index contributed by atoms with van der Waals surface area (Å²) >= 11 is 5.72. The molecule has 0 aliphatic carbocycles. The van der Waals surface area contributed by atoms with Crippen LogP contribution in [-0.4, -0.2) is 81.3 Å². The second kappa shape index (κ2) is 12.6. The first-order chi connectivity index (χ1) is 19.8. The number of hydrogen-bond acceptors (Lipinski definition) is 11. The number of rotatable bonds is 11. The number of nitrogens with one attached hydrogen (secondary N) is 1. The highest BCUT2D eigenvalue weighted by atomic mass is 32.5. The fourth-order valence-electron chi connectivity index (χ4n) is 4.31. The Bertz CT molecular complexity index is 1520. The summed E-state index contributed by atoms with van der Waals surface area (Å²) in [6.45, 7) is 2.78. The molecule has 12 nitrogen and oxygen atoms in total. The summed E-state index contributed by atoms with van der Waals surface area (Å²) in [4.78, 5) is 27.4. The monoisotopic (exact) mass is 620 g/mol. The average Bonchev–Trinajstić information content (AvgIpc) is 3.45. The topological polar surface area (TPSA) is 133 Å². The van der Waals surface area contributed by atoms with Gasteiger partial charge in [0.15, 0.2) is 23.2 Å². The number of fused-ring (bicyclic) bond motifs is 1. The molecule has 42 heavy (non-hydrogen) atoms. The van der Waals surface area contributed by atoms with E-state index in [4.69, 9.17) is 36.8 Å². The maximum absolute atomic E-state index is 16.3. The molecule has 1 fully saturated rings. The fraction of sp³-hybridized carbons (Fsp3) is 0.481. The predicted octanol–water partition coefficient (Wildman–Crippen LogP) is 3.05. The van der Waals surface area contributed by atoms with Crippen molar-refractivity contribution >= 4 is 41.4 Å². The van der Waals surface area contributed by atoms with Crippen molar-refractivity contribution in [2.75, 3.05) is 25.6 Å². The summed E-state index contributed by atoms with van der Waals surface area (Å²) in [6, 6.07) is 7.72. The maximum Gasteiger partial charge on any atom is 0.323 e. The van der Waals surface area contributed by atoms with E-state index in [1.807, 2.05) is 0 Å². The quantitative estimate of drug-likeness (QED) is 0.186. The SMILES string of the molecule is C#C[C@@]1(F)[C@H](O)[C@@H](CO[P@](=S)(N[C@H](C)C(=O)OC(C)C)Oc2ccccc2)O[C@H]1n1cnc2c(N(C)C)nc(C)nc21. The molecule has 3 heterocycles. The number of imidazole rings is 1. The van der Waals surface area contributed by atoms with Crippen molar-refractivity contribution in [1.82, 2.24) is 24.6 Å². The van der Waals surface area contributed by atoms with Crippen LogP contribution in [0.15, 0.2) is 36.7 Å². The minimum atomic E-state index is -3.50. The van der Waals surface area contributed by atoms with Crippen molar-refractivity contribution < 1.29 is 32.8 Å². The Labute approximate surface area is 248 Å². The van der Waals surface area contributed by atoms with Crippen LogP contribution >= 0.6 is 6.64 Å². The Morgan fingerprint density at radius 2 is 2.02 bits per heavy atom. The lowest BCUT2D eigenvalue weighted by molar-refractivity contribution is -0.149. The van der Waals surface area contributed by atoms with E-state index < -0.39 is 49.4 Å². The third-order valence-corrected chi connectivity index (χ3v) is 8.79. The molecule has 2 N–H and O–H groups in total. The van der Waals surface area contributed by atoms with Crippen LogP contribution in [0.2, 0.25) is 0 Å². The highest BCUT2D eigenvalue weighted by Crippen LogP contribution is 2.48. The molecule has 15 heteroatoms. The van der Waals surface area contributed by atoms with Crippen LogP contribution in [0.1, 0.15) is 32.8 Å². The average molecular weight is 621 g/mol. The van der Waals surface area contributed by atoms with Crippen LogP contribution in [0, 0.1) is 19.3 Å². The van der Waals surface area contributed by atoms with Gasteiger partial charge in [0.05, 0.1) is 19.0 Å². The van der Waals surface area contributed by atoms with E-state index in [1.165, 1.54) is 10.9 Å². The van der Waals surface area contributed by atoms with Crippen LogP contribution < -0.4 is 14.5 Å². The zero-order valence-electron chi connectivity index (χ0n) is 24.1. The zero-order valence-corrected chi connectivity index (χ0v) is 25.8. The van der Waals surface area contributed by atoms with E-state index >= 15 is 4.39 Å². The molecule has 1 aliphatic heterocycles. The number of hydrogen-bond donors (Lipinski definition) is 2. The Balaban J connectivity index is 1.61. The van der Waals surface area contributed by atoms with Crippen LogP contribution in [0.3, 0.4) is 0 Å². The number of anilines is 1. The van der Waals surface area contributed by atoms with E-state index in [-0.39, 0.29) is 11.8 Å². The van der Waals surface area contributed by atoms with Gasteiger partial charge in [0.2, 0.25) is 5.67 Å². The largest absolute Gasteiger partial charge is 0.462 e. The zero-order chi connectivity index (χ0) is 30.8. The molecule has 0 unspecified atom stereocenters. The first-order valence-corrected chi connectivity index (χ1v) is 15.8. The minimum absolute atomic E-state index is 0.277. The predicted molar refractivity (Wildman–Crippen MR) is 158 cm³/mol. The first-order valence-electron chi connectivity index (χ1n) is 13.1. The van der Waals surface area contributed by atoms with Crippen LogP contribution in [-0.2, 0) is 30.6 Å². The molecule has 0 radical (unpaired) electrons. The number of halogens is 1. The Kier molecular flexibility index (Phi) is 9.52. The van der Waals surface area contributed by atoms with Gasteiger partial charge in [0.25, 0.3) is 0 Å². The van der Waals surface area contributed by atoms with Gasteiger partial charge in [0, 0.05) is 14.1 Å². The molecule has 0 saturated carbocycles. The summed E-state index contributed by atoms with van der Waals surface area (Å²) in [7, 11) is 3.59. The number of carbonyl (C=O) groups is 1. The van der Waals surface area contributed by atoms with Crippen molar-refractivity contribution in [3.63, 3.8) is 0 Å². The Morgan fingerprint density at radius 1 is 1.33 bits per heavy atom. The molecule has 1 aromatic carbocycles. The van der Waals surface area contributed by atoms with Gasteiger partial charge in [0.1, 0.15) is 29.8 Å². The molecule has 0 bridgehead atoms. The van der Waals surface area contributed by atoms with E-state index in [2.05, 4.69) is 26.0 Å². The van der Waals surface area contributed by atoms with Crippen LogP contribution in [0.4, 0.5) is 10.2 Å². The number of para-hydroxylation sites is 1.